The molecule has 4 nitrogen and oxygen atoms in total. The monoisotopic (exact) mass is 254 g/mol. The van der Waals surface area contributed by atoms with Gasteiger partial charge in [0, 0.05) is 39.2 Å². The summed E-state index contributed by atoms with van der Waals surface area (Å²) < 4.78 is 13.3. The van der Waals surface area contributed by atoms with E-state index in [0.29, 0.717) is 13.0 Å². The highest BCUT2D eigenvalue weighted by molar-refractivity contribution is 5.75. The molecule has 2 N–H and O–H groups in total. The Kier molecular flexibility index (Phi) is 5.74. The second kappa shape index (κ2) is 7.08. The van der Waals surface area contributed by atoms with Gasteiger partial charge >= 0.3 is 0 Å². The normalized spacial score (nSPS) is 12.2. The molecule has 0 fully saturated rings. The standard InChI is InChI=1S/C13H19FN2O2/c1-16(2)13(18)7-8-15-9-12(17)10-5-3-4-6-11(10)14/h3-6,12,15,17H,7-9H2,1-2H3. The first-order valence-corrected chi connectivity index (χ1v) is 5.85. The third kappa shape index (κ3) is 4.43. The van der Waals surface area contributed by atoms with Crippen molar-refractivity contribution in [3.05, 3.63) is 35.6 Å². The van der Waals surface area contributed by atoms with Gasteiger partial charge in [0.25, 0.3) is 0 Å². The van der Waals surface area contributed by atoms with Crippen molar-refractivity contribution in [2.24, 2.45) is 0 Å². The fraction of sp³-hybridized carbons (Fsp3) is 0.462. The van der Waals surface area contributed by atoms with E-state index in [1.807, 2.05) is 0 Å². The van der Waals surface area contributed by atoms with Crippen LogP contribution in [0.25, 0.3) is 0 Å². The highest BCUT2D eigenvalue weighted by atomic mass is 19.1. The van der Waals surface area contributed by atoms with Gasteiger partial charge in [-0.2, -0.15) is 0 Å². The number of benzene rings is 1. The fourth-order valence-corrected chi connectivity index (χ4v) is 1.51. The Bertz CT molecular complexity index is 396. The van der Waals surface area contributed by atoms with E-state index in [2.05, 4.69) is 5.32 Å². The molecular weight excluding hydrogens is 235 g/mol. The van der Waals surface area contributed by atoms with Crippen molar-refractivity contribution in [1.29, 1.82) is 0 Å². The van der Waals surface area contributed by atoms with E-state index in [1.165, 1.54) is 11.0 Å². The van der Waals surface area contributed by atoms with Crippen molar-refractivity contribution in [3.8, 4) is 0 Å². The first kappa shape index (κ1) is 14.6. The van der Waals surface area contributed by atoms with Gasteiger partial charge < -0.3 is 15.3 Å². The molecule has 1 aromatic rings. The highest BCUT2D eigenvalue weighted by Crippen LogP contribution is 2.15. The van der Waals surface area contributed by atoms with Gasteiger partial charge in [-0.25, -0.2) is 4.39 Å². The van der Waals surface area contributed by atoms with Crippen LogP contribution in [-0.4, -0.2) is 43.1 Å². The van der Waals surface area contributed by atoms with Crippen LogP contribution < -0.4 is 5.32 Å². The maximum Gasteiger partial charge on any atom is 0.223 e. The number of nitrogens with zero attached hydrogens (tertiary/aromatic N) is 1. The van der Waals surface area contributed by atoms with Crippen molar-refractivity contribution in [2.75, 3.05) is 27.2 Å². The van der Waals surface area contributed by atoms with E-state index in [-0.39, 0.29) is 18.0 Å². The lowest BCUT2D eigenvalue weighted by molar-refractivity contribution is -0.128. The number of aliphatic hydroxyl groups excluding tert-OH is 1. The van der Waals surface area contributed by atoms with Gasteiger partial charge in [-0.1, -0.05) is 18.2 Å². The van der Waals surface area contributed by atoms with E-state index < -0.39 is 11.9 Å². The molecule has 0 radical (unpaired) electrons. The van der Waals surface area contributed by atoms with Crippen LogP contribution in [0.3, 0.4) is 0 Å². The van der Waals surface area contributed by atoms with Gasteiger partial charge in [0.15, 0.2) is 0 Å². The summed E-state index contributed by atoms with van der Waals surface area (Å²) >= 11 is 0. The number of aliphatic hydroxyl groups is 1. The molecule has 0 aliphatic carbocycles. The second-order valence-corrected chi connectivity index (χ2v) is 4.28. The number of rotatable bonds is 6. The van der Waals surface area contributed by atoms with Gasteiger partial charge in [-0.05, 0) is 6.07 Å². The summed E-state index contributed by atoms with van der Waals surface area (Å²) in [6.07, 6.45) is -0.544. The van der Waals surface area contributed by atoms with Crippen molar-refractivity contribution in [3.63, 3.8) is 0 Å². The van der Waals surface area contributed by atoms with Crippen LogP contribution in [0.2, 0.25) is 0 Å². The van der Waals surface area contributed by atoms with E-state index in [4.69, 9.17) is 0 Å². The van der Waals surface area contributed by atoms with E-state index in [9.17, 15) is 14.3 Å². The zero-order valence-electron chi connectivity index (χ0n) is 10.7. The number of amides is 1. The Morgan fingerprint density at radius 1 is 1.44 bits per heavy atom. The Hall–Kier alpha value is -1.46. The topological polar surface area (TPSA) is 52.6 Å². The Morgan fingerprint density at radius 2 is 2.11 bits per heavy atom. The molecule has 0 aliphatic rings. The minimum absolute atomic E-state index is 0.0166. The molecule has 1 amide bonds. The minimum Gasteiger partial charge on any atom is -0.387 e. The number of hydrogen-bond donors (Lipinski definition) is 2. The largest absolute Gasteiger partial charge is 0.387 e. The van der Waals surface area contributed by atoms with E-state index in [1.54, 1.807) is 32.3 Å². The molecule has 100 valence electrons. The molecule has 5 heteroatoms. The van der Waals surface area contributed by atoms with Crippen LogP contribution in [0.15, 0.2) is 24.3 Å². The molecular formula is C13H19FN2O2. The maximum absolute atomic E-state index is 13.3. The number of halogens is 1. The zero-order chi connectivity index (χ0) is 13.5. The average Bonchev–Trinajstić information content (AvgIpc) is 2.34. The predicted octanol–water partition coefficient (Wildman–Crippen LogP) is 0.927. The smallest absolute Gasteiger partial charge is 0.223 e. The molecule has 1 rings (SSSR count). The fourth-order valence-electron chi connectivity index (χ4n) is 1.51. The van der Waals surface area contributed by atoms with Crippen LogP contribution in [0.1, 0.15) is 18.1 Å². The predicted molar refractivity (Wildman–Crippen MR) is 67.5 cm³/mol. The van der Waals surface area contributed by atoms with E-state index >= 15 is 0 Å². The first-order chi connectivity index (χ1) is 8.52. The number of hydrogen-bond acceptors (Lipinski definition) is 3. The summed E-state index contributed by atoms with van der Waals surface area (Å²) in [7, 11) is 3.38. The van der Waals surface area contributed by atoms with Gasteiger partial charge in [-0.3, -0.25) is 4.79 Å². The molecule has 0 aromatic heterocycles. The van der Waals surface area contributed by atoms with Crippen molar-refractivity contribution < 1.29 is 14.3 Å². The number of nitrogens with one attached hydrogen (secondary N) is 1. The summed E-state index contributed by atoms with van der Waals surface area (Å²) in [6.45, 7) is 0.685. The van der Waals surface area contributed by atoms with Crippen molar-refractivity contribution in [1.82, 2.24) is 10.2 Å². The highest BCUT2D eigenvalue weighted by Gasteiger charge is 2.11. The molecule has 1 unspecified atom stereocenters. The summed E-state index contributed by atoms with van der Waals surface area (Å²) in [5, 5.41) is 12.7. The molecule has 0 bridgehead atoms. The molecule has 1 atom stereocenters. The first-order valence-electron chi connectivity index (χ1n) is 5.85. The van der Waals surface area contributed by atoms with Gasteiger partial charge in [0.05, 0.1) is 6.10 Å². The SMILES string of the molecule is CN(C)C(=O)CCNCC(O)c1ccccc1F. The van der Waals surface area contributed by atoms with Crippen LogP contribution in [0.5, 0.6) is 0 Å². The lowest BCUT2D eigenvalue weighted by atomic mass is 10.1. The third-order valence-electron chi connectivity index (χ3n) is 2.62. The Morgan fingerprint density at radius 3 is 2.72 bits per heavy atom. The van der Waals surface area contributed by atoms with Crippen molar-refractivity contribution >= 4 is 5.91 Å². The van der Waals surface area contributed by atoms with Crippen LogP contribution in [-0.2, 0) is 4.79 Å². The van der Waals surface area contributed by atoms with Crippen LogP contribution >= 0.6 is 0 Å². The van der Waals surface area contributed by atoms with Gasteiger partial charge in [-0.15, -0.1) is 0 Å². The maximum atomic E-state index is 13.3. The number of carbonyl (C=O) groups excluding carboxylic acids is 1. The third-order valence-corrected chi connectivity index (χ3v) is 2.62. The summed E-state index contributed by atoms with van der Waals surface area (Å²) in [6, 6.07) is 6.12. The van der Waals surface area contributed by atoms with Gasteiger partial charge in [0.1, 0.15) is 5.82 Å². The molecule has 1 aromatic carbocycles. The Balaban J connectivity index is 2.32. The average molecular weight is 254 g/mol. The van der Waals surface area contributed by atoms with Gasteiger partial charge in [0.2, 0.25) is 5.91 Å². The number of carbonyl (C=O) groups is 1. The molecule has 0 aliphatic heterocycles. The molecule has 0 heterocycles. The van der Waals surface area contributed by atoms with E-state index in [0.717, 1.165) is 0 Å². The lowest BCUT2D eigenvalue weighted by Gasteiger charge is -2.14. The summed E-state index contributed by atoms with van der Waals surface area (Å²) in [5.74, 6) is -0.404. The second-order valence-electron chi connectivity index (χ2n) is 4.28. The Labute approximate surface area is 106 Å². The quantitative estimate of drug-likeness (QED) is 0.742. The van der Waals surface area contributed by atoms with Crippen LogP contribution in [0.4, 0.5) is 4.39 Å². The van der Waals surface area contributed by atoms with Crippen LogP contribution in [0, 0.1) is 5.82 Å². The molecule has 0 saturated carbocycles. The molecule has 18 heavy (non-hydrogen) atoms. The lowest BCUT2D eigenvalue weighted by Crippen LogP contribution is -2.29. The zero-order valence-corrected chi connectivity index (χ0v) is 10.7. The minimum atomic E-state index is -0.902. The summed E-state index contributed by atoms with van der Waals surface area (Å²) in [4.78, 5) is 12.8. The van der Waals surface area contributed by atoms with Crippen molar-refractivity contribution in [2.45, 2.75) is 12.5 Å². The molecule has 0 saturated heterocycles. The summed E-state index contributed by atoms with van der Waals surface area (Å²) in [5.41, 5.74) is 0.268. The molecule has 0 spiro atoms.